The number of amidine groups is 1. The lowest BCUT2D eigenvalue weighted by Gasteiger charge is -2.36. The molecule has 1 aromatic carbocycles. The summed E-state index contributed by atoms with van der Waals surface area (Å²) in [5.74, 6) is 0.655. The monoisotopic (exact) mass is 325 g/mol. The smallest absolute Gasteiger partial charge is 0.228 e. The van der Waals surface area contributed by atoms with Crippen LogP contribution in [-0.2, 0) is 10.2 Å². The number of likely N-dealkylation sites (tertiary alicyclic amines) is 1. The van der Waals surface area contributed by atoms with E-state index in [1.807, 2.05) is 6.92 Å². The van der Waals surface area contributed by atoms with Gasteiger partial charge in [0.15, 0.2) is 0 Å². The second-order valence-corrected chi connectivity index (χ2v) is 6.28. The van der Waals surface area contributed by atoms with Gasteiger partial charge in [0.05, 0.1) is 5.56 Å². The molecule has 0 radical (unpaired) electrons. The van der Waals surface area contributed by atoms with E-state index < -0.39 is 11.2 Å². The standard InChI is InChI=1S/C18H16FN3O2/c1-18(8-16(21)22(2)17(23)9-18)15-6-5-14(24-15)11-3-4-13(19)12(7-11)10-20/h3-7,21H,8-9H2,1-2H3/t18-/m0/s1. The fourth-order valence-corrected chi connectivity index (χ4v) is 2.91. The highest BCUT2D eigenvalue weighted by Crippen LogP contribution is 2.38. The molecule has 1 amide bonds. The van der Waals surface area contributed by atoms with E-state index in [2.05, 4.69) is 0 Å². The Morgan fingerprint density at radius 2 is 2.08 bits per heavy atom. The highest BCUT2D eigenvalue weighted by molar-refractivity contribution is 6.00. The van der Waals surface area contributed by atoms with Crippen molar-refractivity contribution < 1.29 is 13.6 Å². The molecule has 24 heavy (non-hydrogen) atoms. The van der Waals surface area contributed by atoms with Crippen molar-refractivity contribution in [3.63, 3.8) is 0 Å². The molecule has 1 saturated heterocycles. The van der Waals surface area contributed by atoms with Crippen molar-refractivity contribution in [3.05, 3.63) is 47.5 Å². The zero-order valence-electron chi connectivity index (χ0n) is 13.4. The molecular weight excluding hydrogens is 309 g/mol. The summed E-state index contributed by atoms with van der Waals surface area (Å²) in [5, 5.41) is 16.9. The number of furan rings is 1. The number of benzene rings is 1. The van der Waals surface area contributed by atoms with Gasteiger partial charge in [-0.05, 0) is 30.3 Å². The number of nitriles is 1. The Balaban J connectivity index is 1.95. The minimum absolute atomic E-state index is 0.0482. The van der Waals surface area contributed by atoms with Crippen LogP contribution in [-0.4, -0.2) is 23.7 Å². The Morgan fingerprint density at radius 1 is 1.33 bits per heavy atom. The quantitative estimate of drug-likeness (QED) is 0.918. The molecule has 1 fully saturated rings. The maximum Gasteiger partial charge on any atom is 0.228 e. The zero-order chi connectivity index (χ0) is 17.5. The third-order valence-corrected chi connectivity index (χ3v) is 4.45. The number of carbonyl (C=O) groups excluding carboxylic acids is 1. The fourth-order valence-electron chi connectivity index (χ4n) is 2.91. The molecule has 0 bridgehead atoms. The number of carbonyl (C=O) groups is 1. The van der Waals surface area contributed by atoms with Crippen molar-refractivity contribution in [2.45, 2.75) is 25.2 Å². The summed E-state index contributed by atoms with van der Waals surface area (Å²) >= 11 is 0. The first-order valence-electron chi connectivity index (χ1n) is 7.48. The topological polar surface area (TPSA) is 81.1 Å². The lowest BCUT2D eigenvalue weighted by atomic mass is 9.77. The normalized spacial score (nSPS) is 21.0. The van der Waals surface area contributed by atoms with E-state index in [-0.39, 0.29) is 23.7 Å². The van der Waals surface area contributed by atoms with E-state index >= 15 is 0 Å². The van der Waals surface area contributed by atoms with Gasteiger partial charge in [-0.15, -0.1) is 0 Å². The predicted molar refractivity (Wildman–Crippen MR) is 85.9 cm³/mol. The molecule has 5 nitrogen and oxygen atoms in total. The van der Waals surface area contributed by atoms with Gasteiger partial charge < -0.3 is 9.32 Å². The number of amides is 1. The van der Waals surface area contributed by atoms with E-state index in [0.29, 0.717) is 23.5 Å². The highest BCUT2D eigenvalue weighted by atomic mass is 19.1. The van der Waals surface area contributed by atoms with Crippen LogP contribution >= 0.6 is 0 Å². The van der Waals surface area contributed by atoms with Gasteiger partial charge in [0, 0.05) is 30.9 Å². The summed E-state index contributed by atoms with van der Waals surface area (Å²) in [7, 11) is 1.60. The molecule has 2 heterocycles. The zero-order valence-corrected chi connectivity index (χ0v) is 13.4. The van der Waals surface area contributed by atoms with Gasteiger partial charge in [0.1, 0.15) is 29.2 Å². The molecular formula is C18H16FN3O2. The Labute approximate surface area is 138 Å². The number of halogens is 1. The van der Waals surface area contributed by atoms with E-state index in [1.54, 1.807) is 31.3 Å². The molecule has 0 saturated carbocycles. The van der Waals surface area contributed by atoms with E-state index in [0.717, 1.165) is 0 Å². The Kier molecular flexibility index (Phi) is 3.72. The average molecular weight is 325 g/mol. The van der Waals surface area contributed by atoms with Crippen LogP contribution in [0.25, 0.3) is 11.3 Å². The molecule has 0 unspecified atom stereocenters. The van der Waals surface area contributed by atoms with E-state index in [9.17, 15) is 9.18 Å². The highest BCUT2D eigenvalue weighted by Gasteiger charge is 2.40. The van der Waals surface area contributed by atoms with Crippen molar-refractivity contribution in [2.75, 3.05) is 7.05 Å². The number of nitrogens with one attached hydrogen (secondary N) is 1. The van der Waals surface area contributed by atoms with E-state index in [1.165, 1.54) is 17.0 Å². The van der Waals surface area contributed by atoms with Crippen LogP contribution in [0.1, 0.15) is 31.1 Å². The summed E-state index contributed by atoms with van der Waals surface area (Å²) in [6, 6.07) is 9.52. The van der Waals surface area contributed by atoms with Crippen LogP contribution in [0.2, 0.25) is 0 Å². The fraction of sp³-hybridized carbons (Fsp3) is 0.278. The number of rotatable bonds is 2. The SMILES string of the molecule is CN1C(=N)C[C@](C)(c2ccc(-c3ccc(F)c(C#N)c3)o2)CC1=O. The van der Waals surface area contributed by atoms with Gasteiger partial charge in [-0.1, -0.05) is 6.92 Å². The summed E-state index contributed by atoms with van der Waals surface area (Å²) in [5.41, 5.74) is -0.0400. The Hall–Kier alpha value is -2.94. The first-order chi connectivity index (χ1) is 11.3. The number of hydrogen-bond acceptors (Lipinski definition) is 4. The molecule has 1 aliphatic heterocycles. The molecule has 1 N–H and O–H groups in total. The number of nitrogens with zero attached hydrogens (tertiary/aromatic N) is 2. The van der Waals surface area contributed by atoms with Crippen LogP contribution in [0.3, 0.4) is 0 Å². The van der Waals surface area contributed by atoms with Gasteiger partial charge >= 0.3 is 0 Å². The van der Waals surface area contributed by atoms with E-state index in [4.69, 9.17) is 15.1 Å². The van der Waals surface area contributed by atoms with Crippen LogP contribution in [0.4, 0.5) is 4.39 Å². The third-order valence-electron chi connectivity index (χ3n) is 4.45. The van der Waals surface area contributed by atoms with Crippen LogP contribution < -0.4 is 0 Å². The lowest BCUT2D eigenvalue weighted by molar-refractivity contribution is -0.129. The van der Waals surface area contributed by atoms with Crippen molar-refractivity contribution >= 4 is 11.7 Å². The largest absolute Gasteiger partial charge is 0.460 e. The minimum atomic E-state index is -0.586. The molecule has 122 valence electrons. The Bertz CT molecular complexity index is 861. The first kappa shape index (κ1) is 15.9. The molecule has 6 heteroatoms. The second-order valence-electron chi connectivity index (χ2n) is 6.28. The average Bonchev–Trinajstić information content (AvgIpc) is 3.04. The van der Waals surface area contributed by atoms with Crippen molar-refractivity contribution in [3.8, 4) is 17.4 Å². The summed E-state index contributed by atoms with van der Waals surface area (Å²) in [6.45, 7) is 1.89. The molecule has 1 atom stereocenters. The summed E-state index contributed by atoms with van der Waals surface area (Å²) in [6.07, 6.45) is 0.654. The molecule has 1 aliphatic rings. The predicted octanol–water partition coefficient (Wildman–Crippen LogP) is 3.44. The maximum atomic E-state index is 13.4. The lowest BCUT2D eigenvalue weighted by Crippen LogP contribution is -2.46. The van der Waals surface area contributed by atoms with Gasteiger partial charge in [0.25, 0.3) is 0 Å². The first-order valence-corrected chi connectivity index (χ1v) is 7.48. The van der Waals surface area contributed by atoms with Crippen LogP contribution in [0, 0.1) is 22.6 Å². The van der Waals surface area contributed by atoms with Gasteiger partial charge in [-0.2, -0.15) is 5.26 Å². The van der Waals surface area contributed by atoms with Crippen molar-refractivity contribution in [2.24, 2.45) is 0 Å². The molecule has 3 rings (SSSR count). The summed E-state index contributed by atoms with van der Waals surface area (Å²) < 4.78 is 19.3. The van der Waals surface area contributed by atoms with Gasteiger partial charge in [-0.25, -0.2) is 4.39 Å². The maximum absolute atomic E-state index is 13.4. The summed E-state index contributed by atoms with van der Waals surface area (Å²) in [4.78, 5) is 13.4. The van der Waals surface area contributed by atoms with Gasteiger partial charge in [-0.3, -0.25) is 10.2 Å². The number of hydrogen-bond donors (Lipinski definition) is 1. The Morgan fingerprint density at radius 3 is 2.75 bits per heavy atom. The van der Waals surface area contributed by atoms with Gasteiger partial charge in [0.2, 0.25) is 5.91 Å². The molecule has 0 aliphatic carbocycles. The van der Waals surface area contributed by atoms with Crippen molar-refractivity contribution in [1.29, 1.82) is 10.7 Å². The molecule has 1 aromatic heterocycles. The van der Waals surface area contributed by atoms with Crippen molar-refractivity contribution in [1.82, 2.24) is 4.90 Å². The third kappa shape index (κ3) is 2.58. The van der Waals surface area contributed by atoms with Crippen LogP contribution in [0.15, 0.2) is 34.7 Å². The minimum Gasteiger partial charge on any atom is -0.460 e. The molecule has 0 spiro atoms. The second kappa shape index (κ2) is 5.60. The number of piperidine rings is 1. The van der Waals surface area contributed by atoms with Crippen LogP contribution in [0.5, 0.6) is 0 Å². The molecule has 2 aromatic rings.